The molecule has 0 unspecified atom stereocenters. The Morgan fingerprint density at radius 1 is 1.14 bits per heavy atom. The first-order valence-electron chi connectivity index (χ1n) is 9.83. The Kier molecular flexibility index (Phi) is 5.20. The summed E-state index contributed by atoms with van der Waals surface area (Å²) in [4.78, 5) is 18.0. The topological polar surface area (TPSA) is 45.3 Å². The molecule has 1 amide bonds. The van der Waals surface area contributed by atoms with E-state index >= 15 is 0 Å². The molecule has 1 fully saturated rings. The van der Waals surface area contributed by atoms with Gasteiger partial charge in [0.25, 0.3) is 0 Å². The third kappa shape index (κ3) is 3.68. The molecule has 1 saturated heterocycles. The van der Waals surface area contributed by atoms with Gasteiger partial charge in [-0.3, -0.25) is 4.79 Å². The van der Waals surface area contributed by atoms with Crippen LogP contribution >= 0.6 is 0 Å². The van der Waals surface area contributed by atoms with Gasteiger partial charge in [0.2, 0.25) is 5.91 Å². The molecule has 2 heterocycles. The number of hydrogen-bond donors (Lipinski definition) is 1. The number of piperidine rings is 1. The van der Waals surface area contributed by atoms with Gasteiger partial charge in [-0.2, -0.15) is 0 Å². The lowest BCUT2D eigenvalue weighted by atomic mass is 9.89. The number of carbonyl (C=O) groups excluding carboxylic acids is 1. The molecule has 1 aliphatic rings. The van der Waals surface area contributed by atoms with Gasteiger partial charge < -0.3 is 14.6 Å². The monoisotopic (exact) mass is 374 g/mol. The van der Waals surface area contributed by atoms with Crippen LogP contribution in [-0.2, 0) is 4.79 Å². The number of amides is 1. The number of benzene rings is 2. The van der Waals surface area contributed by atoms with Crippen molar-refractivity contribution in [1.29, 1.82) is 0 Å². The Balaban J connectivity index is 1.44. The van der Waals surface area contributed by atoms with Gasteiger partial charge in [-0.15, -0.1) is 0 Å². The molecule has 0 spiro atoms. The van der Waals surface area contributed by atoms with Crippen molar-refractivity contribution in [1.82, 2.24) is 9.88 Å². The smallest absolute Gasteiger partial charge is 0.246 e. The lowest BCUT2D eigenvalue weighted by molar-refractivity contribution is -0.127. The number of rotatable bonds is 4. The first-order valence-corrected chi connectivity index (χ1v) is 9.83. The van der Waals surface area contributed by atoms with Crippen molar-refractivity contribution in [3.8, 4) is 5.75 Å². The first kappa shape index (κ1) is 18.4. The van der Waals surface area contributed by atoms with E-state index in [1.807, 2.05) is 48.2 Å². The zero-order valence-electron chi connectivity index (χ0n) is 16.4. The van der Waals surface area contributed by atoms with Crippen LogP contribution in [0.2, 0.25) is 0 Å². The van der Waals surface area contributed by atoms with Gasteiger partial charge >= 0.3 is 0 Å². The largest absolute Gasteiger partial charge is 0.497 e. The minimum Gasteiger partial charge on any atom is -0.497 e. The van der Waals surface area contributed by atoms with Gasteiger partial charge in [-0.05, 0) is 60.6 Å². The number of nitrogens with one attached hydrogen (secondary N) is 1. The molecule has 1 aliphatic heterocycles. The highest BCUT2D eigenvalue weighted by Crippen LogP contribution is 2.34. The molecule has 4 nitrogen and oxygen atoms in total. The molecule has 0 bridgehead atoms. The van der Waals surface area contributed by atoms with Crippen LogP contribution in [0.15, 0.2) is 60.8 Å². The lowest BCUT2D eigenvalue weighted by Crippen LogP contribution is -2.37. The molecule has 1 N–H and O–H groups in total. The molecule has 0 atom stereocenters. The van der Waals surface area contributed by atoms with Gasteiger partial charge in [-0.1, -0.05) is 30.3 Å². The van der Waals surface area contributed by atoms with E-state index in [0.717, 1.165) is 48.3 Å². The average molecular weight is 374 g/mol. The maximum absolute atomic E-state index is 12.7. The summed E-state index contributed by atoms with van der Waals surface area (Å²) in [6, 6.07) is 16.2. The third-order valence-electron chi connectivity index (χ3n) is 5.74. The van der Waals surface area contributed by atoms with Crippen molar-refractivity contribution in [3.05, 3.63) is 71.9 Å². The van der Waals surface area contributed by atoms with E-state index in [0.29, 0.717) is 5.92 Å². The molecule has 1 aromatic heterocycles. The number of methoxy groups -OCH3 is 1. The van der Waals surface area contributed by atoms with Crippen LogP contribution in [0.25, 0.3) is 16.5 Å². The number of ether oxygens (including phenoxy) is 1. The number of likely N-dealkylation sites (tertiary alicyclic amines) is 1. The molecule has 4 rings (SSSR count). The van der Waals surface area contributed by atoms with E-state index in [1.54, 1.807) is 13.2 Å². The summed E-state index contributed by atoms with van der Waals surface area (Å²) >= 11 is 0. The summed E-state index contributed by atoms with van der Waals surface area (Å²) in [5, 5.41) is 1.23. The number of aromatic nitrogens is 1. The second kappa shape index (κ2) is 7.93. The predicted octanol–water partition coefficient (Wildman–Crippen LogP) is 4.99. The second-order valence-corrected chi connectivity index (χ2v) is 7.45. The van der Waals surface area contributed by atoms with Crippen LogP contribution in [0.4, 0.5) is 0 Å². The first-order chi connectivity index (χ1) is 13.7. The minimum absolute atomic E-state index is 0.111. The maximum atomic E-state index is 12.7. The Bertz CT molecular complexity index is 996. The Hall–Kier alpha value is -3.01. The molecule has 3 aromatic rings. The lowest BCUT2D eigenvalue weighted by Gasteiger charge is -2.31. The van der Waals surface area contributed by atoms with E-state index in [-0.39, 0.29) is 5.91 Å². The van der Waals surface area contributed by atoms with Crippen LogP contribution in [-0.4, -0.2) is 36.0 Å². The van der Waals surface area contributed by atoms with Crippen LogP contribution in [0.5, 0.6) is 5.75 Å². The van der Waals surface area contributed by atoms with Gasteiger partial charge in [0.15, 0.2) is 0 Å². The average Bonchev–Trinajstić information content (AvgIpc) is 3.17. The van der Waals surface area contributed by atoms with Gasteiger partial charge in [0.05, 0.1) is 7.11 Å². The summed E-state index contributed by atoms with van der Waals surface area (Å²) in [6.45, 7) is 3.58. The van der Waals surface area contributed by atoms with E-state index in [9.17, 15) is 4.79 Å². The number of H-pyrrole nitrogens is 1. The highest BCUT2D eigenvalue weighted by molar-refractivity contribution is 5.95. The summed E-state index contributed by atoms with van der Waals surface area (Å²) in [7, 11) is 1.70. The van der Waals surface area contributed by atoms with Crippen molar-refractivity contribution >= 4 is 22.4 Å². The molecule has 2 aromatic carbocycles. The molecule has 0 aliphatic carbocycles. The Morgan fingerprint density at radius 2 is 1.89 bits per heavy atom. The predicted molar refractivity (Wildman–Crippen MR) is 113 cm³/mol. The summed E-state index contributed by atoms with van der Waals surface area (Å²) in [5.41, 5.74) is 4.57. The maximum Gasteiger partial charge on any atom is 0.246 e. The molecule has 144 valence electrons. The fourth-order valence-corrected chi connectivity index (χ4v) is 4.06. The van der Waals surface area contributed by atoms with Crippen LogP contribution in [0.1, 0.15) is 36.8 Å². The normalized spacial score (nSPS) is 15.8. The second-order valence-electron chi connectivity index (χ2n) is 7.45. The fourth-order valence-electron chi connectivity index (χ4n) is 4.06. The number of hydrogen-bond acceptors (Lipinski definition) is 2. The van der Waals surface area contributed by atoms with Gasteiger partial charge in [0, 0.05) is 36.3 Å². The van der Waals surface area contributed by atoms with Crippen LogP contribution in [0.3, 0.4) is 0 Å². The van der Waals surface area contributed by atoms with Crippen LogP contribution < -0.4 is 4.74 Å². The summed E-state index contributed by atoms with van der Waals surface area (Å²) < 4.78 is 5.38. The number of carbonyl (C=O) groups is 1. The number of fused-ring (bicyclic) bond motifs is 1. The SMILES string of the molecule is COc1ccc2[nH]cc(C3CCN(C(=O)/C=C(\C)c4ccccc4)CC3)c2c1. The summed E-state index contributed by atoms with van der Waals surface area (Å²) in [6.07, 6.45) is 5.85. The number of nitrogens with zero attached hydrogens (tertiary/aromatic N) is 1. The highest BCUT2D eigenvalue weighted by Gasteiger charge is 2.25. The molecule has 0 saturated carbocycles. The molecule has 4 heteroatoms. The molecule has 0 radical (unpaired) electrons. The summed E-state index contributed by atoms with van der Waals surface area (Å²) in [5.74, 6) is 1.45. The standard InChI is InChI=1S/C24H26N2O2/c1-17(18-6-4-3-5-7-18)14-24(27)26-12-10-19(11-13-26)22-16-25-23-9-8-20(28-2)15-21(22)23/h3-9,14-16,19,25H,10-13H2,1-2H3/b17-14+. The van der Waals surface area contributed by atoms with Crippen molar-refractivity contribution in [2.75, 3.05) is 20.2 Å². The van der Waals surface area contributed by atoms with E-state index in [1.165, 1.54) is 10.9 Å². The Labute approximate surface area is 165 Å². The zero-order chi connectivity index (χ0) is 19.5. The van der Waals surface area contributed by atoms with Crippen molar-refractivity contribution in [2.24, 2.45) is 0 Å². The van der Waals surface area contributed by atoms with Crippen LogP contribution in [0, 0.1) is 0 Å². The van der Waals surface area contributed by atoms with E-state index in [2.05, 4.69) is 23.3 Å². The highest BCUT2D eigenvalue weighted by atomic mass is 16.5. The zero-order valence-corrected chi connectivity index (χ0v) is 16.4. The van der Waals surface area contributed by atoms with E-state index in [4.69, 9.17) is 4.74 Å². The fraction of sp³-hybridized carbons (Fsp3) is 0.292. The Morgan fingerprint density at radius 3 is 2.61 bits per heavy atom. The van der Waals surface area contributed by atoms with E-state index < -0.39 is 0 Å². The van der Waals surface area contributed by atoms with Crippen molar-refractivity contribution in [2.45, 2.75) is 25.7 Å². The van der Waals surface area contributed by atoms with Gasteiger partial charge in [-0.25, -0.2) is 0 Å². The minimum atomic E-state index is 0.111. The number of aromatic amines is 1. The van der Waals surface area contributed by atoms with Gasteiger partial charge in [0.1, 0.15) is 5.75 Å². The quantitative estimate of drug-likeness (QED) is 0.654. The van der Waals surface area contributed by atoms with Crippen molar-refractivity contribution < 1.29 is 9.53 Å². The third-order valence-corrected chi connectivity index (χ3v) is 5.74. The number of allylic oxidation sites excluding steroid dienone is 1. The molecular formula is C24H26N2O2. The molecule has 28 heavy (non-hydrogen) atoms. The molecular weight excluding hydrogens is 348 g/mol. The van der Waals surface area contributed by atoms with Crippen molar-refractivity contribution in [3.63, 3.8) is 0 Å².